The minimum absolute atomic E-state index is 0.0935. The number of carbonyl (C=O) groups excluding carboxylic acids is 2. The monoisotopic (exact) mass is 657 g/mol. The van der Waals surface area contributed by atoms with Gasteiger partial charge in [-0.05, 0) is 38.1 Å². The molecule has 1 saturated heterocycles. The van der Waals surface area contributed by atoms with Crippen LogP contribution in [0.3, 0.4) is 0 Å². The van der Waals surface area contributed by atoms with Crippen molar-refractivity contribution in [2.24, 2.45) is 0 Å². The van der Waals surface area contributed by atoms with E-state index in [9.17, 15) is 9.59 Å². The van der Waals surface area contributed by atoms with E-state index in [4.69, 9.17) is 25.7 Å². The van der Waals surface area contributed by atoms with Crippen LogP contribution < -0.4 is 27.0 Å². The molecule has 2 amide bonds. The van der Waals surface area contributed by atoms with Crippen molar-refractivity contribution in [3.63, 3.8) is 0 Å². The topological polar surface area (TPSA) is 221 Å². The predicted molar refractivity (Wildman–Crippen MR) is 179 cm³/mol. The van der Waals surface area contributed by atoms with Crippen molar-refractivity contribution in [3.05, 3.63) is 42.5 Å². The zero-order valence-electron chi connectivity index (χ0n) is 26.8. The smallest absolute Gasteiger partial charge is 0.292 e. The standard InChI is InChI=1S/C31H39N13O4/c1-42-10-12-43(13-11-42)31-36-17-21(18-37-31)29(46)35-8-15-47-14-6-24(45)34-7-2-3-9-44-28-25(27(32)38-19-39-28)26(41-44)20-4-5-23-22(16-20)40-30(33)48-23/h4-5,16-19H,2-3,6-15H2,1H3,(H2,33,40)(H,34,45)(H,35,46)(H2,32,38,39). The molecule has 1 aromatic carbocycles. The number of ether oxygens (including phenoxy) is 1. The third-order valence-electron chi connectivity index (χ3n) is 8.05. The number of aryl methyl sites for hydroxylation is 1. The quantitative estimate of drug-likeness (QED) is 0.123. The first-order chi connectivity index (χ1) is 23.4. The van der Waals surface area contributed by atoms with Crippen molar-refractivity contribution in [2.75, 3.05) is 75.9 Å². The van der Waals surface area contributed by atoms with Crippen molar-refractivity contribution >= 4 is 51.7 Å². The summed E-state index contributed by atoms with van der Waals surface area (Å²) in [6.07, 6.45) is 6.20. The second kappa shape index (κ2) is 15.0. The molecule has 0 aliphatic carbocycles. The first-order valence-corrected chi connectivity index (χ1v) is 15.9. The zero-order chi connectivity index (χ0) is 33.5. The minimum atomic E-state index is -0.268. The largest absolute Gasteiger partial charge is 0.424 e. The minimum Gasteiger partial charge on any atom is -0.424 e. The maximum Gasteiger partial charge on any atom is 0.292 e. The summed E-state index contributed by atoms with van der Waals surface area (Å²) >= 11 is 0. The van der Waals surface area contributed by atoms with Gasteiger partial charge >= 0.3 is 0 Å². The molecule has 48 heavy (non-hydrogen) atoms. The number of carbonyl (C=O) groups is 2. The van der Waals surface area contributed by atoms with Crippen LogP contribution in [0.1, 0.15) is 29.6 Å². The van der Waals surface area contributed by atoms with E-state index < -0.39 is 0 Å². The maximum absolute atomic E-state index is 12.4. The number of nitrogens with one attached hydrogen (secondary N) is 2. The summed E-state index contributed by atoms with van der Waals surface area (Å²) < 4.78 is 12.7. The Labute approximate surface area is 276 Å². The normalized spacial score (nSPS) is 13.7. The third kappa shape index (κ3) is 7.75. The Morgan fingerprint density at radius 1 is 0.979 bits per heavy atom. The van der Waals surface area contributed by atoms with Crippen LogP contribution in [0.2, 0.25) is 0 Å². The van der Waals surface area contributed by atoms with Gasteiger partial charge in [0.1, 0.15) is 23.4 Å². The Kier molecular flexibility index (Phi) is 10.2. The van der Waals surface area contributed by atoms with Gasteiger partial charge in [0, 0.05) is 70.2 Å². The number of hydrogen-bond donors (Lipinski definition) is 4. The van der Waals surface area contributed by atoms with Crippen LogP contribution in [0.4, 0.5) is 17.8 Å². The van der Waals surface area contributed by atoms with E-state index in [0.717, 1.165) is 44.6 Å². The molecule has 0 unspecified atom stereocenters. The molecule has 0 radical (unpaired) electrons. The Bertz CT molecular complexity index is 1870. The molecule has 0 saturated carbocycles. The number of hydrogen-bond acceptors (Lipinski definition) is 14. The number of likely N-dealkylation sites (N-methyl/N-ethyl adjacent to an activating group) is 1. The molecule has 1 aliphatic heterocycles. The molecular formula is C31H39N13O4. The summed E-state index contributed by atoms with van der Waals surface area (Å²) in [6, 6.07) is 5.59. The molecule has 252 valence electrons. The lowest BCUT2D eigenvalue weighted by molar-refractivity contribution is -0.122. The Balaban J connectivity index is 0.874. The molecule has 0 spiro atoms. The van der Waals surface area contributed by atoms with Gasteiger partial charge in [0.05, 0.1) is 24.2 Å². The van der Waals surface area contributed by atoms with Crippen LogP contribution in [0.15, 0.2) is 41.3 Å². The van der Waals surface area contributed by atoms with Gasteiger partial charge in [-0.25, -0.2) is 24.6 Å². The van der Waals surface area contributed by atoms with E-state index in [2.05, 4.69) is 52.4 Å². The summed E-state index contributed by atoms with van der Waals surface area (Å²) in [5.74, 6) is 0.592. The molecular weight excluding hydrogens is 618 g/mol. The highest BCUT2D eigenvalue weighted by molar-refractivity contribution is 5.99. The van der Waals surface area contributed by atoms with E-state index in [-0.39, 0.29) is 37.5 Å². The Hall–Kier alpha value is -5.42. The average molecular weight is 658 g/mol. The lowest BCUT2D eigenvalue weighted by atomic mass is 10.1. The maximum atomic E-state index is 12.4. The van der Waals surface area contributed by atoms with Crippen molar-refractivity contribution in [3.8, 4) is 11.3 Å². The number of benzene rings is 1. The van der Waals surface area contributed by atoms with Crippen molar-refractivity contribution in [1.29, 1.82) is 0 Å². The number of amides is 2. The Morgan fingerprint density at radius 3 is 2.60 bits per heavy atom. The van der Waals surface area contributed by atoms with Crippen LogP contribution in [-0.2, 0) is 16.1 Å². The fourth-order valence-corrected chi connectivity index (χ4v) is 5.40. The van der Waals surface area contributed by atoms with Crippen LogP contribution >= 0.6 is 0 Å². The second-order valence-electron chi connectivity index (χ2n) is 11.5. The summed E-state index contributed by atoms with van der Waals surface area (Å²) in [7, 11) is 2.09. The summed E-state index contributed by atoms with van der Waals surface area (Å²) in [5, 5.41) is 11.2. The van der Waals surface area contributed by atoms with Crippen molar-refractivity contribution < 1.29 is 18.7 Å². The number of fused-ring (bicyclic) bond motifs is 2. The molecule has 5 heterocycles. The van der Waals surface area contributed by atoms with Gasteiger partial charge in [-0.3, -0.25) is 9.59 Å². The molecule has 5 aromatic rings. The van der Waals surface area contributed by atoms with Crippen LogP contribution in [0.25, 0.3) is 33.4 Å². The molecule has 0 bridgehead atoms. The predicted octanol–water partition coefficient (Wildman–Crippen LogP) is 1.07. The Morgan fingerprint density at radius 2 is 1.79 bits per heavy atom. The highest BCUT2D eigenvalue weighted by atomic mass is 16.5. The number of piperazine rings is 1. The zero-order valence-corrected chi connectivity index (χ0v) is 26.8. The van der Waals surface area contributed by atoms with Gasteiger partial charge in [-0.1, -0.05) is 0 Å². The molecule has 6 N–H and O–H groups in total. The van der Waals surface area contributed by atoms with Crippen molar-refractivity contribution in [1.82, 2.24) is 50.2 Å². The van der Waals surface area contributed by atoms with E-state index in [1.165, 1.54) is 18.7 Å². The fourth-order valence-electron chi connectivity index (χ4n) is 5.40. The summed E-state index contributed by atoms with van der Waals surface area (Å²) in [4.78, 5) is 50.5. The van der Waals surface area contributed by atoms with Gasteiger partial charge in [0.15, 0.2) is 11.2 Å². The van der Waals surface area contributed by atoms with Crippen LogP contribution in [0.5, 0.6) is 0 Å². The van der Waals surface area contributed by atoms with E-state index in [1.54, 1.807) is 10.7 Å². The SMILES string of the molecule is CN1CCN(c2ncc(C(=O)NCCOCCC(=O)NCCCCn3nc(-c4ccc5oc(N)nc5c4)c4c(N)ncnc43)cn2)CC1. The number of oxazole rings is 1. The highest BCUT2D eigenvalue weighted by Crippen LogP contribution is 2.32. The first-order valence-electron chi connectivity index (χ1n) is 15.9. The average Bonchev–Trinajstić information content (AvgIpc) is 3.66. The third-order valence-corrected chi connectivity index (χ3v) is 8.05. The first kappa shape index (κ1) is 32.5. The van der Waals surface area contributed by atoms with Gasteiger partial charge in [-0.2, -0.15) is 10.1 Å². The lowest BCUT2D eigenvalue weighted by Crippen LogP contribution is -2.45. The number of rotatable bonds is 14. The molecule has 17 heteroatoms. The van der Waals surface area contributed by atoms with Gasteiger partial charge in [0.2, 0.25) is 11.9 Å². The molecule has 17 nitrogen and oxygen atoms in total. The van der Waals surface area contributed by atoms with Gasteiger partial charge in [0.25, 0.3) is 11.9 Å². The number of unbranched alkanes of at least 4 members (excludes halogenated alkanes) is 1. The molecule has 4 aromatic heterocycles. The second-order valence-corrected chi connectivity index (χ2v) is 11.5. The molecule has 0 atom stereocenters. The number of nitrogens with two attached hydrogens (primary N) is 2. The van der Waals surface area contributed by atoms with E-state index in [1.807, 2.05) is 12.1 Å². The molecule has 6 rings (SSSR count). The highest BCUT2D eigenvalue weighted by Gasteiger charge is 2.19. The number of anilines is 3. The molecule has 1 fully saturated rings. The van der Waals surface area contributed by atoms with Gasteiger partial charge in [-0.15, -0.1) is 0 Å². The number of nitrogen functional groups attached to an aromatic ring is 2. The van der Waals surface area contributed by atoms with Gasteiger partial charge < -0.3 is 41.1 Å². The fraction of sp³-hybridized carbons (Fsp3) is 0.419. The van der Waals surface area contributed by atoms with Crippen molar-refractivity contribution in [2.45, 2.75) is 25.8 Å². The lowest BCUT2D eigenvalue weighted by Gasteiger charge is -2.32. The number of nitrogens with zero attached hydrogens (tertiary/aromatic N) is 9. The van der Waals surface area contributed by atoms with Crippen LogP contribution in [0, 0.1) is 0 Å². The molecule has 1 aliphatic rings. The number of aromatic nitrogens is 7. The van der Waals surface area contributed by atoms with Crippen LogP contribution in [-0.4, -0.2) is 111 Å². The summed E-state index contributed by atoms with van der Waals surface area (Å²) in [5.41, 5.74) is 15.6. The van der Waals surface area contributed by atoms with E-state index in [0.29, 0.717) is 64.8 Å². The summed E-state index contributed by atoms with van der Waals surface area (Å²) in [6.45, 7) is 5.55. The van der Waals surface area contributed by atoms with E-state index >= 15 is 0 Å².